The highest BCUT2D eigenvalue weighted by Gasteiger charge is 2.19. The molecule has 140 valence electrons. The number of hydrogen-bond acceptors (Lipinski definition) is 7. The summed E-state index contributed by atoms with van der Waals surface area (Å²) in [6, 6.07) is 8.86. The first-order valence-electron chi connectivity index (χ1n) is 8.19. The maximum atomic E-state index is 12.7. The van der Waals surface area contributed by atoms with Gasteiger partial charge in [0.15, 0.2) is 0 Å². The lowest BCUT2D eigenvalue weighted by Gasteiger charge is -2.19. The molecule has 0 saturated carbocycles. The van der Waals surface area contributed by atoms with Crippen molar-refractivity contribution in [1.82, 2.24) is 15.0 Å². The van der Waals surface area contributed by atoms with Crippen LogP contribution in [0.3, 0.4) is 0 Å². The molecule has 0 fully saturated rings. The number of fused-ring (bicyclic) bond motifs is 1. The molecular formula is C18H21N7O2. The molecule has 1 aromatic carbocycles. The number of nitrogens with zero attached hydrogens (tertiary/aromatic N) is 5. The van der Waals surface area contributed by atoms with Gasteiger partial charge in [-0.1, -0.05) is 0 Å². The summed E-state index contributed by atoms with van der Waals surface area (Å²) in [7, 11) is 7.01. The zero-order valence-electron chi connectivity index (χ0n) is 15.6. The zero-order valence-corrected chi connectivity index (χ0v) is 15.6. The van der Waals surface area contributed by atoms with Gasteiger partial charge >= 0.3 is 6.03 Å². The van der Waals surface area contributed by atoms with Gasteiger partial charge in [0, 0.05) is 38.7 Å². The average Bonchev–Trinajstić information content (AvgIpc) is 2.66. The van der Waals surface area contributed by atoms with Gasteiger partial charge in [0.1, 0.15) is 11.3 Å². The van der Waals surface area contributed by atoms with Crippen LogP contribution in [0.25, 0.3) is 10.9 Å². The molecule has 3 rings (SSSR count). The standard InChI is InChI=1S/C18H21N7O2/c1-24(2)12-7-5-11(6-8-12)21-18(26)25(3)15-13-9-10-20-16(27-4)14(13)22-17(19)23-15/h5-10H,1-4H3,(H,21,26)(H2,19,22,23). The van der Waals surface area contributed by atoms with Crippen LogP contribution >= 0.6 is 0 Å². The summed E-state index contributed by atoms with van der Waals surface area (Å²) >= 11 is 0. The van der Waals surface area contributed by atoms with E-state index in [0.29, 0.717) is 28.3 Å². The number of hydrogen-bond donors (Lipinski definition) is 2. The lowest BCUT2D eigenvalue weighted by molar-refractivity contribution is 0.258. The molecule has 2 amide bonds. The molecule has 0 aliphatic rings. The topological polar surface area (TPSA) is 110 Å². The number of carbonyl (C=O) groups is 1. The normalized spacial score (nSPS) is 10.5. The van der Waals surface area contributed by atoms with E-state index >= 15 is 0 Å². The van der Waals surface area contributed by atoms with Gasteiger partial charge in [-0.15, -0.1) is 0 Å². The molecule has 3 aromatic rings. The van der Waals surface area contributed by atoms with Crippen LogP contribution < -0.4 is 25.6 Å². The Morgan fingerprint density at radius 3 is 2.44 bits per heavy atom. The highest BCUT2D eigenvalue weighted by atomic mass is 16.5. The summed E-state index contributed by atoms with van der Waals surface area (Å²) in [5.41, 5.74) is 7.96. The van der Waals surface area contributed by atoms with Gasteiger partial charge < -0.3 is 20.7 Å². The Morgan fingerprint density at radius 2 is 1.81 bits per heavy atom. The van der Waals surface area contributed by atoms with Gasteiger partial charge in [0.05, 0.1) is 12.5 Å². The van der Waals surface area contributed by atoms with Crippen LogP contribution in [0.1, 0.15) is 0 Å². The van der Waals surface area contributed by atoms with E-state index < -0.39 is 0 Å². The minimum atomic E-state index is -0.359. The minimum absolute atomic E-state index is 0.0267. The lowest BCUT2D eigenvalue weighted by atomic mass is 10.2. The van der Waals surface area contributed by atoms with E-state index in [1.54, 1.807) is 19.3 Å². The Morgan fingerprint density at radius 1 is 1.11 bits per heavy atom. The summed E-state index contributed by atoms with van der Waals surface area (Å²) in [6.07, 6.45) is 1.57. The fraction of sp³-hybridized carbons (Fsp3) is 0.222. The number of urea groups is 1. The highest BCUT2D eigenvalue weighted by molar-refractivity contribution is 6.06. The van der Waals surface area contributed by atoms with Crippen molar-refractivity contribution in [2.45, 2.75) is 0 Å². The van der Waals surface area contributed by atoms with Gasteiger partial charge in [-0.2, -0.15) is 4.98 Å². The van der Waals surface area contributed by atoms with E-state index in [0.717, 1.165) is 5.69 Å². The van der Waals surface area contributed by atoms with E-state index in [9.17, 15) is 4.79 Å². The van der Waals surface area contributed by atoms with Crippen LogP contribution in [0.2, 0.25) is 0 Å². The number of anilines is 4. The zero-order chi connectivity index (χ0) is 19.6. The molecule has 3 N–H and O–H groups in total. The molecule has 2 aromatic heterocycles. The molecule has 0 aliphatic carbocycles. The first-order valence-corrected chi connectivity index (χ1v) is 8.19. The van der Waals surface area contributed by atoms with Crippen molar-refractivity contribution in [2.75, 3.05) is 49.1 Å². The van der Waals surface area contributed by atoms with E-state index in [2.05, 4.69) is 20.3 Å². The number of amides is 2. The molecule has 0 unspecified atom stereocenters. The number of nitrogens with two attached hydrogens (primary N) is 1. The monoisotopic (exact) mass is 367 g/mol. The Labute approximate surface area is 156 Å². The molecule has 9 heteroatoms. The van der Waals surface area contributed by atoms with Crippen molar-refractivity contribution in [3.05, 3.63) is 36.5 Å². The second-order valence-electron chi connectivity index (χ2n) is 6.05. The van der Waals surface area contributed by atoms with Crippen molar-refractivity contribution in [3.63, 3.8) is 0 Å². The maximum Gasteiger partial charge on any atom is 0.327 e. The quantitative estimate of drug-likeness (QED) is 0.728. The van der Waals surface area contributed by atoms with Crippen LogP contribution in [0.15, 0.2) is 36.5 Å². The number of nitrogens with one attached hydrogen (secondary N) is 1. The Kier molecular flexibility index (Phi) is 4.93. The number of carbonyl (C=O) groups excluding carboxylic acids is 1. The van der Waals surface area contributed by atoms with Crippen molar-refractivity contribution >= 4 is 40.1 Å². The van der Waals surface area contributed by atoms with E-state index in [-0.39, 0.29) is 12.0 Å². The molecule has 0 atom stereocenters. The van der Waals surface area contributed by atoms with Crippen LogP contribution in [0, 0.1) is 0 Å². The summed E-state index contributed by atoms with van der Waals surface area (Å²) in [6.45, 7) is 0. The predicted octanol–water partition coefficient (Wildman–Crippen LogP) is 2.35. The summed E-state index contributed by atoms with van der Waals surface area (Å²) < 4.78 is 5.22. The van der Waals surface area contributed by atoms with Crippen molar-refractivity contribution < 1.29 is 9.53 Å². The number of pyridine rings is 1. The molecule has 0 spiro atoms. The van der Waals surface area contributed by atoms with Gasteiger partial charge in [0.25, 0.3) is 0 Å². The Hall–Kier alpha value is -3.62. The fourth-order valence-corrected chi connectivity index (χ4v) is 2.58. The van der Waals surface area contributed by atoms with Gasteiger partial charge in [0.2, 0.25) is 11.8 Å². The summed E-state index contributed by atoms with van der Waals surface area (Å²) in [5, 5.41) is 3.45. The second-order valence-corrected chi connectivity index (χ2v) is 6.05. The van der Waals surface area contributed by atoms with E-state index in [1.807, 2.05) is 43.3 Å². The molecular weight excluding hydrogens is 346 g/mol. The van der Waals surface area contributed by atoms with E-state index in [4.69, 9.17) is 10.5 Å². The van der Waals surface area contributed by atoms with Crippen molar-refractivity contribution in [3.8, 4) is 5.88 Å². The minimum Gasteiger partial charge on any atom is -0.479 e. The third kappa shape index (κ3) is 3.66. The highest BCUT2D eigenvalue weighted by Crippen LogP contribution is 2.29. The molecule has 27 heavy (non-hydrogen) atoms. The van der Waals surface area contributed by atoms with Crippen LogP contribution in [0.4, 0.5) is 27.9 Å². The van der Waals surface area contributed by atoms with Gasteiger partial charge in [-0.3, -0.25) is 4.90 Å². The first kappa shape index (κ1) is 18.2. The summed E-state index contributed by atoms with van der Waals surface area (Å²) in [5.74, 6) is 0.704. The number of nitrogen functional groups attached to an aromatic ring is 1. The molecule has 2 heterocycles. The Bertz CT molecular complexity index is 973. The maximum absolute atomic E-state index is 12.7. The molecule has 9 nitrogen and oxygen atoms in total. The fourth-order valence-electron chi connectivity index (χ4n) is 2.58. The predicted molar refractivity (Wildman–Crippen MR) is 106 cm³/mol. The number of methoxy groups -OCH3 is 1. The third-order valence-electron chi connectivity index (χ3n) is 4.03. The van der Waals surface area contributed by atoms with Crippen LogP contribution in [0.5, 0.6) is 5.88 Å². The molecule has 0 aliphatic heterocycles. The SMILES string of the molecule is COc1nccc2c(N(C)C(=O)Nc3ccc(N(C)C)cc3)nc(N)nc12. The van der Waals surface area contributed by atoms with Crippen LogP contribution in [-0.4, -0.2) is 49.2 Å². The molecule has 0 radical (unpaired) electrons. The third-order valence-corrected chi connectivity index (χ3v) is 4.03. The van der Waals surface area contributed by atoms with Gasteiger partial charge in [-0.05, 0) is 30.3 Å². The molecule has 0 bridgehead atoms. The second kappa shape index (κ2) is 7.32. The molecule has 0 saturated heterocycles. The van der Waals surface area contributed by atoms with Crippen molar-refractivity contribution in [2.24, 2.45) is 0 Å². The lowest BCUT2D eigenvalue weighted by Crippen LogP contribution is -2.32. The van der Waals surface area contributed by atoms with Crippen molar-refractivity contribution in [1.29, 1.82) is 0 Å². The van der Waals surface area contributed by atoms with Crippen LogP contribution in [-0.2, 0) is 0 Å². The largest absolute Gasteiger partial charge is 0.479 e. The first-order chi connectivity index (χ1) is 12.9. The smallest absolute Gasteiger partial charge is 0.327 e. The summed E-state index contributed by atoms with van der Waals surface area (Å²) in [4.78, 5) is 28.6. The number of ether oxygens (including phenoxy) is 1. The Balaban J connectivity index is 1.91. The average molecular weight is 367 g/mol. The number of benzene rings is 1. The number of rotatable bonds is 4. The van der Waals surface area contributed by atoms with E-state index in [1.165, 1.54) is 12.0 Å². The van der Waals surface area contributed by atoms with Gasteiger partial charge in [-0.25, -0.2) is 14.8 Å². The number of aromatic nitrogens is 3.